The monoisotopic (exact) mass is 348 g/mol. The lowest BCUT2D eigenvalue weighted by atomic mass is 9.82. The summed E-state index contributed by atoms with van der Waals surface area (Å²) in [4.78, 5) is 12.1. The quantitative estimate of drug-likeness (QED) is 0.842. The van der Waals surface area contributed by atoms with E-state index in [0.717, 1.165) is 24.2 Å². The fourth-order valence-electron chi connectivity index (χ4n) is 2.97. The van der Waals surface area contributed by atoms with Gasteiger partial charge >= 0.3 is 0 Å². The topological polar surface area (TPSA) is 63.5 Å². The molecule has 0 spiro atoms. The number of ether oxygens (including phenoxy) is 1. The first-order chi connectivity index (χ1) is 11.7. The van der Waals surface area contributed by atoms with Crippen LogP contribution in [0.15, 0.2) is 47.1 Å². The molecule has 3 rings (SSSR count). The van der Waals surface area contributed by atoms with Gasteiger partial charge in [0.1, 0.15) is 5.76 Å². The fraction of sp³-hybridized carbons (Fsp3) is 0.389. The summed E-state index contributed by atoms with van der Waals surface area (Å²) in [6, 6.07) is 11.4. The highest BCUT2D eigenvalue weighted by Gasteiger charge is 2.34. The molecule has 2 aromatic rings. The first kappa shape index (κ1) is 17.0. The highest BCUT2D eigenvalue weighted by atomic mass is 35.5. The smallest absolute Gasteiger partial charge is 0.234 e. The molecule has 2 heterocycles. The van der Waals surface area contributed by atoms with Crippen molar-refractivity contribution in [1.29, 1.82) is 0 Å². The Morgan fingerprint density at radius 1 is 1.17 bits per heavy atom. The van der Waals surface area contributed by atoms with Gasteiger partial charge in [0, 0.05) is 23.8 Å². The van der Waals surface area contributed by atoms with Crippen LogP contribution in [0.1, 0.15) is 24.2 Å². The molecular weight excluding hydrogens is 328 g/mol. The van der Waals surface area contributed by atoms with E-state index in [0.29, 0.717) is 24.8 Å². The first-order valence-electron chi connectivity index (χ1n) is 8.06. The Bertz CT molecular complexity index is 649. The number of carbonyl (C=O) groups excluding carboxylic acids is 1. The molecule has 0 radical (unpaired) electrons. The summed E-state index contributed by atoms with van der Waals surface area (Å²) in [5.74, 6) is 0.674. The van der Waals surface area contributed by atoms with Crippen LogP contribution < -0.4 is 10.6 Å². The van der Waals surface area contributed by atoms with Gasteiger partial charge in [0.15, 0.2) is 0 Å². The number of halogens is 1. The number of carbonyl (C=O) groups is 1. The second-order valence-electron chi connectivity index (χ2n) is 5.91. The molecule has 1 aliphatic rings. The third kappa shape index (κ3) is 4.17. The number of hydrogen-bond donors (Lipinski definition) is 2. The summed E-state index contributed by atoms with van der Waals surface area (Å²) < 4.78 is 10.7. The number of rotatable bonds is 6. The maximum Gasteiger partial charge on any atom is 0.234 e. The van der Waals surface area contributed by atoms with Gasteiger partial charge in [-0.15, -0.1) is 0 Å². The van der Waals surface area contributed by atoms with Crippen LogP contribution in [0.25, 0.3) is 0 Å². The molecule has 0 bridgehead atoms. The van der Waals surface area contributed by atoms with Crippen molar-refractivity contribution in [3.63, 3.8) is 0 Å². The SMILES string of the molecule is O=C(CNC1(c2ccc(Cl)cc2)CCOCC1)NCc1ccco1. The highest BCUT2D eigenvalue weighted by molar-refractivity contribution is 6.30. The van der Waals surface area contributed by atoms with Gasteiger partial charge in [0.2, 0.25) is 5.91 Å². The van der Waals surface area contributed by atoms with E-state index in [-0.39, 0.29) is 18.0 Å². The number of amides is 1. The molecule has 0 atom stereocenters. The minimum Gasteiger partial charge on any atom is -0.467 e. The van der Waals surface area contributed by atoms with Crippen LogP contribution in [0.4, 0.5) is 0 Å². The molecular formula is C18H21ClN2O3. The largest absolute Gasteiger partial charge is 0.467 e. The second-order valence-corrected chi connectivity index (χ2v) is 6.35. The van der Waals surface area contributed by atoms with Gasteiger partial charge in [-0.05, 0) is 42.7 Å². The van der Waals surface area contributed by atoms with Crippen LogP contribution >= 0.6 is 11.6 Å². The van der Waals surface area contributed by atoms with E-state index in [2.05, 4.69) is 10.6 Å². The molecule has 5 nitrogen and oxygen atoms in total. The van der Waals surface area contributed by atoms with Crippen LogP contribution in [-0.2, 0) is 21.6 Å². The predicted octanol–water partition coefficient (Wildman–Crippen LogP) is 2.84. The molecule has 0 saturated carbocycles. The summed E-state index contributed by atoms with van der Waals surface area (Å²) in [6.45, 7) is 1.97. The van der Waals surface area contributed by atoms with E-state index in [1.807, 2.05) is 30.3 Å². The third-order valence-electron chi connectivity index (χ3n) is 4.37. The lowest BCUT2D eigenvalue weighted by molar-refractivity contribution is -0.121. The van der Waals surface area contributed by atoms with Crippen LogP contribution in [0.3, 0.4) is 0 Å². The highest BCUT2D eigenvalue weighted by Crippen LogP contribution is 2.32. The van der Waals surface area contributed by atoms with Gasteiger partial charge in [-0.25, -0.2) is 0 Å². The van der Waals surface area contributed by atoms with Gasteiger partial charge < -0.3 is 14.5 Å². The summed E-state index contributed by atoms with van der Waals surface area (Å²) >= 11 is 6.00. The minimum atomic E-state index is -0.259. The molecule has 0 aliphatic carbocycles. The average molecular weight is 349 g/mol. The summed E-state index contributed by atoms with van der Waals surface area (Å²) in [5.41, 5.74) is 0.874. The predicted molar refractivity (Wildman–Crippen MR) is 91.7 cm³/mol. The lowest BCUT2D eigenvalue weighted by Crippen LogP contribution is -2.50. The van der Waals surface area contributed by atoms with Crippen molar-refractivity contribution in [3.05, 3.63) is 59.0 Å². The second kappa shape index (κ2) is 7.83. The van der Waals surface area contributed by atoms with Crippen LogP contribution in [0, 0.1) is 0 Å². The number of benzene rings is 1. The van der Waals surface area contributed by atoms with Crippen LogP contribution in [0.2, 0.25) is 5.02 Å². The number of furan rings is 1. The molecule has 1 amide bonds. The van der Waals surface area contributed by atoms with E-state index >= 15 is 0 Å². The molecule has 1 saturated heterocycles. The van der Waals surface area contributed by atoms with Gasteiger partial charge in [0.25, 0.3) is 0 Å². The van der Waals surface area contributed by atoms with Gasteiger partial charge in [0.05, 0.1) is 19.4 Å². The van der Waals surface area contributed by atoms with E-state index in [9.17, 15) is 4.79 Å². The Kier molecular flexibility index (Phi) is 5.56. The molecule has 0 unspecified atom stereocenters. The van der Waals surface area contributed by atoms with Crippen LogP contribution in [-0.4, -0.2) is 25.7 Å². The first-order valence-corrected chi connectivity index (χ1v) is 8.44. The lowest BCUT2D eigenvalue weighted by Gasteiger charge is -2.38. The zero-order valence-corrected chi connectivity index (χ0v) is 14.1. The van der Waals surface area contributed by atoms with Crippen molar-refractivity contribution in [2.75, 3.05) is 19.8 Å². The Morgan fingerprint density at radius 3 is 2.58 bits per heavy atom. The minimum absolute atomic E-state index is 0.0637. The van der Waals surface area contributed by atoms with Gasteiger partial charge in [-0.2, -0.15) is 0 Å². The normalized spacial score (nSPS) is 16.7. The Morgan fingerprint density at radius 2 is 1.92 bits per heavy atom. The van der Waals surface area contributed by atoms with Crippen molar-refractivity contribution < 1.29 is 13.9 Å². The summed E-state index contributed by atoms with van der Waals surface area (Å²) in [7, 11) is 0. The molecule has 6 heteroatoms. The Hall–Kier alpha value is -1.82. The Balaban J connectivity index is 1.62. The Labute approximate surface area is 146 Å². The number of hydrogen-bond acceptors (Lipinski definition) is 4. The fourth-order valence-corrected chi connectivity index (χ4v) is 3.09. The zero-order chi connectivity index (χ0) is 16.8. The van der Waals surface area contributed by atoms with Crippen molar-refractivity contribution >= 4 is 17.5 Å². The van der Waals surface area contributed by atoms with Crippen molar-refractivity contribution in [2.45, 2.75) is 24.9 Å². The number of nitrogens with one attached hydrogen (secondary N) is 2. The van der Waals surface area contributed by atoms with E-state index in [4.69, 9.17) is 20.8 Å². The molecule has 2 N–H and O–H groups in total. The maximum atomic E-state index is 12.1. The van der Waals surface area contributed by atoms with Crippen molar-refractivity contribution in [2.24, 2.45) is 0 Å². The molecule has 24 heavy (non-hydrogen) atoms. The van der Waals surface area contributed by atoms with E-state index in [1.54, 1.807) is 12.3 Å². The zero-order valence-electron chi connectivity index (χ0n) is 13.4. The van der Waals surface area contributed by atoms with E-state index < -0.39 is 0 Å². The van der Waals surface area contributed by atoms with Gasteiger partial charge in [-0.1, -0.05) is 23.7 Å². The molecule has 128 valence electrons. The molecule has 1 aromatic carbocycles. The molecule has 1 aliphatic heterocycles. The van der Waals surface area contributed by atoms with Crippen molar-refractivity contribution in [3.8, 4) is 0 Å². The molecule has 1 fully saturated rings. The standard InChI is InChI=1S/C18H21ClN2O3/c19-15-5-3-14(4-6-15)18(7-10-23-11-8-18)21-13-17(22)20-12-16-2-1-9-24-16/h1-6,9,21H,7-8,10-13H2,(H,20,22). The summed E-state index contributed by atoms with van der Waals surface area (Å²) in [5, 5.41) is 7.00. The summed E-state index contributed by atoms with van der Waals surface area (Å²) in [6.07, 6.45) is 3.23. The van der Waals surface area contributed by atoms with Gasteiger partial charge in [-0.3, -0.25) is 10.1 Å². The average Bonchev–Trinajstić information content (AvgIpc) is 3.13. The maximum absolute atomic E-state index is 12.1. The van der Waals surface area contributed by atoms with Crippen molar-refractivity contribution in [1.82, 2.24) is 10.6 Å². The third-order valence-corrected chi connectivity index (χ3v) is 4.62. The van der Waals surface area contributed by atoms with Crippen LogP contribution in [0.5, 0.6) is 0 Å². The van der Waals surface area contributed by atoms with E-state index in [1.165, 1.54) is 0 Å². The molecule has 1 aromatic heterocycles.